The predicted octanol–water partition coefficient (Wildman–Crippen LogP) is 1.70. The average Bonchev–Trinajstić information content (AvgIpc) is 2.91. The van der Waals surface area contributed by atoms with E-state index in [1.165, 1.54) is 0 Å². The standard InChI is InChI=1S/C12H18N2O3/c1-2-4-9(15)7-12-13-11(14-17-12)8-10-5-3-6-16-10/h10H,2-8H2,1H3. The highest BCUT2D eigenvalue weighted by Crippen LogP contribution is 2.15. The van der Waals surface area contributed by atoms with Crippen molar-refractivity contribution in [3.8, 4) is 0 Å². The highest BCUT2D eigenvalue weighted by molar-refractivity contribution is 5.79. The number of Topliss-reactive ketones (excluding diaryl/α,β-unsaturated/α-hetero) is 1. The van der Waals surface area contributed by atoms with Crippen molar-refractivity contribution in [1.29, 1.82) is 0 Å². The van der Waals surface area contributed by atoms with Gasteiger partial charge >= 0.3 is 0 Å². The summed E-state index contributed by atoms with van der Waals surface area (Å²) in [5, 5.41) is 3.87. The van der Waals surface area contributed by atoms with Gasteiger partial charge in [-0.3, -0.25) is 4.79 Å². The summed E-state index contributed by atoms with van der Waals surface area (Å²) in [6, 6.07) is 0. The van der Waals surface area contributed by atoms with Gasteiger partial charge in [0.25, 0.3) is 0 Å². The molecule has 1 atom stereocenters. The molecule has 1 saturated heterocycles. The number of aromatic nitrogens is 2. The Balaban J connectivity index is 1.84. The number of ether oxygens (including phenoxy) is 1. The first-order chi connectivity index (χ1) is 8.28. The first-order valence-electron chi connectivity index (χ1n) is 6.22. The summed E-state index contributed by atoms with van der Waals surface area (Å²) in [4.78, 5) is 15.6. The molecule has 2 heterocycles. The second-order valence-electron chi connectivity index (χ2n) is 4.41. The van der Waals surface area contributed by atoms with Crippen molar-refractivity contribution in [2.75, 3.05) is 6.61 Å². The van der Waals surface area contributed by atoms with Gasteiger partial charge in [0.2, 0.25) is 5.89 Å². The van der Waals surface area contributed by atoms with Crippen LogP contribution in [0.25, 0.3) is 0 Å². The van der Waals surface area contributed by atoms with Crippen LogP contribution in [-0.4, -0.2) is 28.6 Å². The van der Waals surface area contributed by atoms with Crippen LogP contribution in [0.15, 0.2) is 4.52 Å². The highest BCUT2D eigenvalue weighted by atomic mass is 16.5. The molecule has 2 rings (SSSR count). The first-order valence-corrected chi connectivity index (χ1v) is 6.22. The zero-order chi connectivity index (χ0) is 12.1. The smallest absolute Gasteiger partial charge is 0.234 e. The van der Waals surface area contributed by atoms with Gasteiger partial charge in [-0.15, -0.1) is 0 Å². The quantitative estimate of drug-likeness (QED) is 0.754. The summed E-state index contributed by atoms with van der Waals surface area (Å²) in [5.41, 5.74) is 0. The highest BCUT2D eigenvalue weighted by Gasteiger charge is 2.19. The van der Waals surface area contributed by atoms with Crippen molar-refractivity contribution in [1.82, 2.24) is 10.1 Å². The Labute approximate surface area is 101 Å². The maximum absolute atomic E-state index is 11.4. The number of hydrogen-bond acceptors (Lipinski definition) is 5. The van der Waals surface area contributed by atoms with Gasteiger partial charge in [-0.2, -0.15) is 4.98 Å². The van der Waals surface area contributed by atoms with Crippen LogP contribution in [0.1, 0.15) is 44.3 Å². The summed E-state index contributed by atoms with van der Waals surface area (Å²) < 4.78 is 10.6. The molecule has 1 aromatic rings. The molecule has 5 heteroatoms. The van der Waals surface area contributed by atoms with Crippen LogP contribution in [0.3, 0.4) is 0 Å². The Bertz CT molecular complexity index is 370. The van der Waals surface area contributed by atoms with Crippen molar-refractivity contribution >= 4 is 5.78 Å². The van der Waals surface area contributed by atoms with Crippen LogP contribution in [0, 0.1) is 0 Å². The van der Waals surface area contributed by atoms with Gasteiger partial charge in [-0.25, -0.2) is 0 Å². The van der Waals surface area contributed by atoms with E-state index >= 15 is 0 Å². The lowest BCUT2D eigenvalue weighted by molar-refractivity contribution is -0.118. The van der Waals surface area contributed by atoms with Crippen molar-refractivity contribution in [3.63, 3.8) is 0 Å². The fourth-order valence-electron chi connectivity index (χ4n) is 1.99. The largest absolute Gasteiger partial charge is 0.378 e. The minimum atomic E-state index is 0.153. The third-order valence-electron chi connectivity index (χ3n) is 2.82. The summed E-state index contributed by atoms with van der Waals surface area (Å²) in [6.07, 6.45) is 4.74. The summed E-state index contributed by atoms with van der Waals surface area (Å²) >= 11 is 0. The van der Waals surface area contributed by atoms with Gasteiger partial charge in [0.05, 0.1) is 12.5 Å². The number of ketones is 1. The molecule has 0 aromatic carbocycles. The molecule has 1 unspecified atom stereocenters. The lowest BCUT2D eigenvalue weighted by Crippen LogP contribution is -2.10. The van der Waals surface area contributed by atoms with E-state index in [0.29, 0.717) is 24.6 Å². The van der Waals surface area contributed by atoms with E-state index in [-0.39, 0.29) is 18.3 Å². The molecule has 1 aliphatic heterocycles. The molecule has 1 fully saturated rings. The van der Waals surface area contributed by atoms with Crippen LogP contribution in [0.2, 0.25) is 0 Å². The van der Waals surface area contributed by atoms with E-state index in [0.717, 1.165) is 25.9 Å². The third kappa shape index (κ3) is 3.63. The Morgan fingerprint density at radius 2 is 2.41 bits per heavy atom. The molecule has 17 heavy (non-hydrogen) atoms. The lowest BCUT2D eigenvalue weighted by atomic mass is 10.2. The average molecular weight is 238 g/mol. The zero-order valence-corrected chi connectivity index (χ0v) is 10.1. The lowest BCUT2D eigenvalue weighted by Gasteiger charge is -2.03. The van der Waals surface area contributed by atoms with Gasteiger partial charge in [0, 0.05) is 19.4 Å². The van der Waals surface area contributed by atoms with Gasteiger partial charge in [-0.1, -0.05) is 12.1 Å². The van der Waals surface area contributed by atoms with Crippen LogP contribution in [0.5, 0.6) is 0 Å². The van der Waals surface area contributed by atoms with Gasteiger partial charge in [0.15, 0.2) is 5.82 Å². The third-order valence-corrected chi connectivity index (χ3v) is 2.82. The molecule has 1 aromatic heterocycles. The predicted molar refractivity (Wildman–Crippen MR) is 60.6 cm³/mol. The first kappa shape index (κ1) is 12.2. The number of nitrogens with zero attached hydrogens (tertiary/aromatic N) is 2. The maximum atomic E-state index is 11.4. The van der Waals surface area contributed by atoms with Crippen molar-refractivity contribution in [3.05, 3.63) is 11.7 Å². The molecule has 0 N–H and O–H groups in total. The number of carbonyl (C=O) groups excluding carboxylic acids is 1. The molecule has 94 valence electrons. The number of rotatable bonds is 6. The second kappa shape index (κ2) is 5.91. The van der Waals surface area contributed by atoms with Gasteiger partial charge in [0.1, 0.15) is 5.78 Å². The van der Waals surface area contributed by atoms with Gasteiger partial charge in [-0.05, 0) is 19.3 Å². The van der Waals surface area contributed by atoms with Crippen LogP contribution in [-0.2, 0) is 22.4 Å². The topological polar surface area (TPSA) is 65.2 Å². The van der Waals surface area contributed by atoms with Crippen LogP contribution < -0.4 is 0 Å². The summed E-state index contributed by atoms with van der Waals surface area (Å²) in [6.45, 7) is 2.80. The van der Waals surface area contributed by atoms with Crippen molar-refractivity contribution in [2.24, 2.45) is 0 Å². The SMILES string of the molecule is CCCC(=O)Cc1nc(CC2CCCO2)no1. The zero-order valence-electron chi connectivity index (χ0n) is 10.1. The number of hydrogen-bond donors (Lipinski definition) is 0. The Hall–Kier alpha value is -1.23. The molecule has 0 amide bonds. The fraction of sp³-hybridized carbons (Fsp3) is 0.750. The molecular weight excluding hydrogens is 220 g/mol. The van der Waals surface area contributed by atoms with Crippen LogP contribution >= 0.6 is 0 Å². The molecule has 1 aliphatic rings. The fourth-order valence-corrected chi connectivity index (χ4v) is 1.99. The molecule has 5 nitrogen and oxygen atoms in total. The Kier molecular flexibility index (Phi) is 4.25. The number of carbonyl (C=O) groups is 1. The normalized spacial score (nSPS) is 19.7. The molecule has 0 aliphatic carbocycles. The minimum absolute atomic E-state index is 0.153. The monoisotopic (exact) mass is 238 g/mol. The van der Waals surface area contributed by atoms with E-state index < -0.39 is 0 Å². The van der Waals surface area contributed by atoms with E-state index in [4.69, 9.17) is 9.26 Å². The summed E-state index contributed by atoms with van der Waals surface area (Å²) in [5.74, 6) is 1.23. The summed E-state index contributed by atoms with van der Waals surface area (Å²) in [7, 11) is 0. The second-order valence-corrected chi connectivity index (χ2v) is 4.41. The maximum Gasteiger partial charge on any atom is 0.234 e. The molecule has 0 radical (unpaired) electrons. The molecule has 0 saturated carbocycles. The van der Waals surface area contributed by atoms with E-state index in [1.807, 2.05) is 6.92 Å². The Morgan fingerprint density at radius 3 is 3.12 bits per heavy atom. The van der Waals surface area contributed by atoms with Gasteiger partial charge < -0.3 is 9.26 Å². The molecule has 0 spiro atoms. The Morgan fingerprint density at radius 1 is 1.53 bits per heavy atom. The molecular formula is C12H18N2O3. The minimum Gasteiger partial charge on any atom is -0.378 e. The van der Waals surface area contributed by atoms with E-state index in [2.05, 4.69) is 10.1 Å². The van der Waals surface area contributed by atoms with E-state index in [1.54, 1.807) is 0 Å². The molecule has 0 bridgehead atoms. The van der Waals surface area contributed by atoms with Crippen LogP contribution in [0.4, 0.5) is 0 Å². The van der Waals surface area contributed by atoms with E-state index in [9.17, 15) is 4.79 Å². The van der Waals surface area contributed by atoms with Crippen molar-refractivity contribution in [2.45, 2.75) is 51.6 Å². The van der Waals surface area contributed by atoms with Crippen molar-refractivity contribution < 1.29 is 14.1 Å².